The van der Waals surface area contributed by atoms with Crippen molar-refractivity contribution in [1.82, 2.24) is 0 Å². The van der Waals surface area contributed by atoms with Crippen LogP contribution in [0.4, 0.5) is 0 Å². The van der Waals surface area contributed by atoms with Crippen LogP contribution in [-0.4, -0.2) is 0 Å². The van der Waals surface area contributed by atoms with Crippen LogP contribution in [0.1, 0.15) is 0 Å². The summed E-state index contributed by atoms with van der Waals surface area (Å²) in [5.41, 5.74) is 0. The molecule has 0 aromatic rings. The average Bonchev–Trinajstić information content (AvgIpc) is 1.00. The predicted octanol–water partition coefficient (Wildman–Crippen LogP) is -5.39. The minimum absolute atomic E-state index is 0. The molecule has 1 radical (unpaired) electrons. The second-order valence-electron chi connectivity index (χ2n) is 0. The van der Waals surface area contributed by atoms with Crippen molar-refractivity contribution in [2.75, 3.05) is 0 Å². The van der Waals surface area contributed by atoms with Crippen LogP contribution >= 0.6 is 0 Å². The maximum atomic E-state index is 4.25. The van der Waals surface area contributed by atoms with Crippen molar-refractivity contribution in [3.8, 4) is 0 Å². The van der Waals surface area contributed by atoms with Crippen molar-refractivity contribution in [1.29, 1.82) is 0 Å². The molecule has 0 atom stereocenters. The molecule has 3 heteroatoms. The predicted molar refractivity (Wildman–Crippen MR) is 9.93 cm³/mol. The van der Waals surface area contributed by atoms with Gasteiger partial charge in [-0.15, -0.1) is 0 Å². The molecule has 0 aliphatic carbocycles. The van der Waals surface area contributed by atoms with Crippen molar-refractivity contribution in [3.05, 3.63) is 13.2 Å². The van der Waals surface area contributed by atoms with Crippen LogP contribution in [0.25, 0.3) is 0 Å². The monoisotopic (exact) mass is 433 g/mol. The van der Waals surface area contributed by atoms with E-state index in [9.17, 15) is 0 Å². The van der Waals surface area contributed by atoms with E-state index in [-0.39, 0.29) is 88.3 Å². The van der Waals surface area contributed by atoms with Gasteiger partial charge in [-0.25, -0.2) is 0 Å². The smallest absolute Gasteiger partial charge is 1.00 e. The van der Waals surface area contributed by atoms with Crippen LogP contribution in [0.3, 0.4) is 0 Å². The maximum Gasteiger partial charge on any atom is 3.00 e. The first-order chi connectivity index (χ1) is 1.00. The topological polar surface area (TPSA) is 0 Å². The van der Waals surface area contributed by atoms with Crippen LogP contribution in [0.2, 0.25) is 0 Å². The molecular formula is C2H3I2Sm. The van der Waals surface area contributed by atoms with Crippen molar-refractivity contribution >= 4 is 0 Å². The number of hydrogen-bond acceptors (Lipinski definition) is 0. The Morgan fingerprint density at radius 1 is 1.00 bits per heavy atom. The second-order valence-corrected chi connectivity index (χ2v) is 0. The van der Waals surface area contributed by atoms with Gasteiger partial charge in [0.15, 0.2) is 0 Å². The van der Waals surface area contributed by atoms with E-state index in [1.54, 1.807) is 0 Å². The zero-order valence-corrected chi connectivity index (χ0v) is 9.38. The van der Waals surface area contributed by atoms with Crippen molar-refractivity contribution in [3.63, 3.8) is 0 Å². The van der Waals surface area contributed by atoms with E-state index >= 15 is 0 Å². The first-order valence-electron chi connectivity index (χ1n) is 0.408. The normalized spacial score (nSPS) is 0.800. The van der Waals surface area contributed by atoms with E-state index in [1.165, 1.54) is 0 Å². The molecule has 0 saturated carbocycles. The summed E-state index contributed by atoms with van der Waals surface area (Å²) < 4.78 is 0. The van der Waals surface area contributed by atoms with E-state index in [0.717, 1.165) is 0 Å². The van der Waals surface area contributed by atoms with E-state index in [2.05, 4.69) is 13.2 Å². The average molecular weight is 431 g/mol. The Bertz CT molecular complexity index is 7.61. The molecule has 0 N–H and O–H groups in total. The van der Waals surface area contributed by atoms with Crippen LogP contribution in [0.15, 0.2) is 6.58 Å². The third-order valence-corrected chi connectivity index (χ3v) is 0. The van der Waals surface area contributed by atoms with E-state index in [4.69, 9.17) is 0 Å². The second kappa shape index (κ2) is 31.1. The van der Waals surface area contributed by atoms with Crippen molar-refractivity contribution < 1.29 is 88.3 Å². The molecule has 5 heavy (non-hydrogen) atoms. The Labute approximate surface area is 99.3 Å². The molecule has 31 valence electrons. The van der Waals surface area contributed by atoms with Gasteiger partial charge in [0.25, 0.3) is 0 Å². The molecule has 0 aliphatic rings. The fraction of sp³-hybridized carbons (Fsp3) is 0. The van der Waals surface area contributed by atoms with Gasteiger partial charge < -0.3 is 54.5 Å². The van der Waals surface area contributed by atoms with Gasteiger partial charge in [-0.05, 0) is 0 Å². The summed E-state index contributed by atoms with van der Waals surface area (Å²) in [5.74, 6) is 0. The molecule has 0 aromatic carbocycles. The molecule has 0 aliphatic heterocycles. The first kappa shape index (κ1) is 25.7. The molecule has 0 spiro atoms. The van der Waals surface area contributed by atoms with Crippen LogP contribution in [-0.2, 0) is 0 Å². The quantitative estimate of drug-likeness (QED) is 0.266. The Kier molecular flexibility index (Phi) is 160. The summed E-state index contributed by atoms with van der Waals surface area (Å²) in [6, 6.07) is 0. The van der Waals surface area contributed by atoms with Gasteiger partial charge in [0, 0.05) is 0 Å². The number of halogens is 2. The largest absolute Gasteiger partial charge is 3.00 e. The molecule has 0 aromatic heterocycles. The maximum absolute atomic E-state index is 4.25. The fourth-order valence-corrected chi connectivity index (χ4v) is 0. The summed E-state index contributed by atoms with van der Waals surface area (Å²) in [5, 5.41) is 0. The van der Waals surface area contributed by atoms with E-state index < -0.39 is 0 Å². The van der Waals surface area contributed by atoms with Crippen LogP contribution in [0.5, 0.6) is 0 Å². The van der Waals surface area contributed by atoms with Crippen LogP contribution in [0, 0.1) is 47.0 Å². The van der Waals surface area contributed by atoms with Crippen molar-refractivity contribution in [2.24, 2.45) is 0 Å². The summed E-state index contributed by atoms with van der Waals surface area (Å²) in [6.07, 6.45) is 0. The Morgan fingerprint density at radius 2 is 1.00 bits per heavy atom. The SMILES string of the molecule is [CH-]=C.[I-].[I-].[Sm+3]. The minimum atomic E-state index is 0. The fourth-order valence-electron chi connectivity index (χ4n) is 0. The van der Waals surface area contributed by atoms with Crippen LogP contribution < -0.4 is 48.0 Å². The van der Waals surface area contributed by atoms with E-state index in [0.29, 0.717) is 0 Å². The molecule has 0 unspecified atom stereocenters. The molecule has 0 amide bonds. The Balaban J connectivity index is -0.00000000167. The summed E-state index contributed by atoms with van der Waals surface area (Å²) in [6.45, 7) is 7.00. The zero-order chi connectivity index (χ0) is 2.00. The Morgan fingerprint density at radius 3 is 1.00 bits per heavy atom. The van der Waals surface area contributed by atoms with Gasteiger partial charge >= 0.3 is 40.4 Å². The van der Waals surface area contributed by atoms with Gasteiger partial charge in [0.2, 0.25) is 0 Å². The molecular weight excluding hydrogens is 428 g/mol. The molecule has 0 saturated heterocycles. The summed E-state index contributed by atoms with van der Waals surface area (Å²) in [4.78, 5) is 0. The third kappa shape index (κ3) is 20.9. The molecule has 0 rings (SSSR count). The number of hydrogen-bond donors (Lipinski definition) is 0. The van der Waals surface area contributed by atoms with Gasteiger partial charge in [-0.1, -0.05) is 0 Å². The van der Waals surface area contributed by atoms with Gasteiger partial charge in [-0.2, -0.15) is 0 Å². The van der Waals surface area contributed by atoms with Gasteiger partial charge in [-0.3, -0.25) is 6.58 Å². The molecule has 0 heterocycles. The zero-order valence-electron chi connectivity index (χ0n) is 2.45. The summed E-state index contributed by atoms with van der Waals surface area (Å²) >= 11 is 0. The Hall–Kier alpha value is 2.54. The molecule has 0 nitrogen and oxygen atoms in total. The number of rotatable bonds is 0. The minimum Gasteiger partial charge on any atom is -1.00 e. The molecule has 0 fully saturated rings. The van der Waals surface area contributed by atoms with Crippen molar-refractivity contribution in [2.45, 2.75) is 0 Å². The van der Waals surface area contributed by atoms with Gasteiger partial charge in [0.1, 0.15) is 0 Å². The van der Waals surface area contributed by atoms with Gasteiger partial charge in [0.05, 0.1) is 0 Å². The first-order valence-corrected chi connectivity index (χ1v) is 0.408. The molecule has 0 bridgehead atoms. The van der Waals surface area contributed by atoms with E-state index in [1.807, 2.05) is 0 Å². The third-order valence-electron chi connectivity index (χ3n) is 0. The summed E-state index contributed by atoms with van der Waals surface area (Å²) in [7, 11) is 0. The standard InChI is InChI=1S/C2H3.2HI.Sm/c1-2;;;/h1H,2H2;2*1H;/q-1;;;+3/p-2.